The molecule has 0 aliphatic carbocycles. The summed E-state index contributed by atoms with van der Waals surface area (Å²) in [5.74, 6) is -1.19. The van der Waals surface area contributed by atoms with Crippen LogP contribution in [0.5, 0.6) is 5.75 Å². The highest BCUT2D eigenvalue weighted by Gasteiger charge is 2.33. The summed E-state index contributed by atoms with van der Waals surface area (Å²) in [6, 6.07) is 13.0. The van der Waals surface area contributed by atoms with Gasteiger partial charge in [-0.1, -0.05) is 47.2 Å². The van der Waals surface area contributed by atoms with Gasteiger partial charge in [-0.25, -0.2) is 14.6 Å². The van der Waals surface area contributed by atoms with Gasteiger partial charge in [-0.05, 0) is 62.2 Å². The molecule has 1 aliphatic heterocycles. The minimum Gasteiger partial charge on any atom is -0.482 e. The molecule has 36 heavy (non-hydrogen) atoms. The molecule has 2 aromatic carbocycles. The van der Waals surface area contributed by atoms with E-state index in [4.69, 9.17) is 26.2 Å². The molecule has 0 bridgehead atoms. The molecule has 2 heterocycles. The highest BCUT2D eigenvalue weighted by molar-refractivity contribution is 7.07. The number of carboxylic acids is 1. The molecule has 0 fully saturated rings. The molecule has 8 nitrogen and oxygen atoms in total. The number of halogens is 1. The largest absolute Gasteiger partial charge is 0.482 e. The molecule has 10 heteroatoms. The highest BCUT2D eigenvalue weighted by atomic mass is 35.5. The Bertz CT molecular complexity index is 1520. The Kier molecular flexibility index (Phi) is 7.42. The first kappa shape index (κ1) is 25.4. The van der Waals surface area contributed by atoms with Crippen molar-refractivity contribution in [1.29, 1.82) is 0 Å². The van der Waals surface area contributed by atoms with Gasteiger partial charge in [0.25, 0.3) is 5.56 Å². The number of rotatable bonds is 7. The Morgan fingerprint density at radius 2 is 1.83 bits per heavy atom. The highest BCUT2D eigenvalue weighted by Crippen LogP contribution is 2.31. The minimum absolute atomic E-state index is 0.296. The van der Waals surface area contributed by atoms with Crippen LogP contribution in [0.25, 0.3) is 6.08 Å². The minimum atomic E-state index is -1.07. The first-order valence-electron chi connectivity index (χ1n) is 11.1. The summed E-state index contributed by atoms with van der Waals surface area (Å²) >= 11 is 7.30. The second-order valence-electron chi connectivity index (χ2n) is 8.34. The Balaban J connectivity index is 1.81. The molecule has 1 aliphatic rings. The van der Waals surface area contributed by atoms with Crippen molar-refractivity contribution in [3.8, 4) is 5.75 Å². The van der Waals surface area contributed by atoms with Crippen LogP contribution in [0.3, 0.4) is 0 Å². The van der Waals surface area contributed by atoms with Crippen LogP contribution in [0.1, 0.15) is 37.9 Å². The van der Waals surface area contributed by atoms with Gasteiger partial charge in [-0.15, -0.1) is 0 Å². The molecular formula is C26H23ClN2O6S. The number of allylic oxidation sites excluding steroid dienone is 1. The van der Waals surface area contributed by atoms with Crippen LogP contribution in [0.4, 0.5) is 0 Å². The van der Waals surface area contributed by atoms with Crippen molar-refractivity contribution >= 4 is 41.0 Å². The fourth-order valence-corrected chi connectivity index (χ4v) is 4.95. The van der Waals surface area contributed by atoms with E-state index in [1.165, 1.54) is 15.9 Å². The number of ether oxygens (including phenoxy) is 2. The normalized spacial score (nSPS) is 15.5. The van der Waals surface area contributed by atoms with Crippen LogP contribution in [-0.2, 0) is 14.3 Å². The summed E-state index contributed by atoms with van der Waals surface area (Å²) in [6.45, 7) is 4.81. The average Bonchev–Trinajstić information content (AvgIpc) is 3.12. The topological polar surface area (TPSA) is 107 Å². The number of nitrogens with zero attached hydrogens (tertiary/aromatic N) is 2. The second kappa shape index (κ2) is 10.5. The van der Waals surface area contributed by atoms with Crippen LogP contribution < -0.4 is 19.6 Å². The van der Waals surface area contributed by atoms with Crippen molar-refractivity contribution in [3.63, 3.8) is 0 Å². The smallest absolute Gasteiger partial charge is 0.341 e. The number of carboxylic acid groups (broad SMARTS) is 1. The Hall–Kier alpha value is -3.69. The number of carbonyl (C=O) groups excluding carboxylic acids is 1. The van der Waals surface area contributed by atoms with E-state index in [0.717, 1.165) is 5.56 Å². The summed E-state index contributed by atoms with van der Waals surface area (Å²) in [6.07, 6.45) is 1.38. The molecule has 1 atom stereocenters. The Morgan fingerprint density at radius 1 is 1.17 bits per heavy atom. The van der Waals surface area contributed by atoms with E-state index in [0.29, 0.717) is 36.9 Å². The van der Waals surface area contributed by atoms with Crippen LogP contribution >= 0.6 is 22.9 Å². The fourth-order valence-electron chi connectivity index (χ4n) is 3.78. The molecule has 0 saturated carbocycles. The van der Waals surface area contributed by atoms with E-state index >= 15 is 0 Å². The molecule has 186 valence electrons. The van der Waals surface area contributed by atoms with E-state index in [-0.39, 0.29) is 11.7 Å². The maximum atomic E-state index is 13.6. The van der Waals surface area contributed by atoms with E-state index < -0.39 is 24.6 Å². The van der Waals surface area contributed by atoms with E-state index in [1.807, 2.05) is 0 Å². The van der Waals surface area contributed by atoms with Crippen molar-refractivity contribution in [3.05, 3.63) is 95.6 Å². The lowest BCUT2D eigenvalue weighted by Crippen LogP contribution is -2.40. The summed E-state index contributed by atoms with van der Waals surface area (Å²) in [5.41, 5.74) is 1.91. The number of thiazole rings is 1. The average molecular weight is 527 g/mol. The zero-order chi connectivity index (χ0) is 26.0. The third-order valence-corrected chi connectivity index (χ3v) is 6.55. The van der Waals surface area contributed by atoms with Gasteiger partial charge in [0, 0.05) is 5.02 Å². The molecule has 0 radical (unpaired) electrons. The van der Waals surface area contributed by atoms with Crippen LogP contribution in [0.15, 0.2) is 69.6 Å². The molecule has 3 aromatic rings. The fraction of sp³-hybridized carbons (Fsp3) is 0.231. The standard InChI is InChI=1S/C26H23ClN2O6S/c1-14(2)35-25(33)22-15(3)28-26-29(23(22)17-6-8-18(27)9-7-17)24(32)20(36-26)12-16-4-10-19(11-5-16)34-13-21(30)31/h4-12,14,23H,13H2,1-3H3,(H,30,31). The summed E-state index contributed by atoms with van der Waals surface area (Å²) < 4.78 is 12.6. The number of hydrogen-bond acceptors (Lipinski definition) is 7. The van der Waals surface area contributed by atoms with Crippen molar-refractivity contribution in [2.45, 2.75) is 32.9 Å². The molecule has 1 aromatic heterocycles. The van der Waals surface area contributed by atoms with Gasteiger partial charge in [-0.2, -0.15) is 0 Å². The lowest BCUT2D eigenvalue weighted by molar-refractivity contribution is -0.143. The van der Waals surface area contributed by atoms with E-state index in [2.05, 4.69) is 4.99 Å². The van der Waals surface area contributed by atoms with Gasteiger partial charge in [0.05, 0.1) is 27.9 Å². The Morgan fingerprint density at radius 3 is 2.44 bits per heavy atom. The van der Waals surface area contributed by atoms with E-state index in [1.54, 1.807) is 75.4 Å². The summed E-state index contributed by atoms with van der Waals surface area (Å²) in [5, 5.41) is 9.29. The maximum Gasteiger partial charge on any atom is 0.341 e. The lowest BCUT2D eigenvalue weighted by Gasteiger charge is -2.25. The maximum absolute atomic E-state index is 13.6. The van der Waals surface area contributed by atoms with Crippen LogP contribution in [-0.4, -0.2) is 34.3 Å². The Labute approximate surface area is 215 Å². The predicted octanol–water partition coefficient (Wildman–Crippen LogP) is 3.30. The number of aromatic nitrogens is 1. The molecule has 1 unspecified atom stereocenters. The number of hydrogen-bond donors (Lipinski definition) is 1. The van der Waals surface area contributed by atoms with Gasteiger partial charge >= 0.3 is 11.9 Å². The lowest BCUT2D eigenvalue weighted by atomic mass is 9.96. The van der Waals surface area contributed by atoms with Gasteiger partial charge in [0.1, 0.15) is 5.75 Å². The molecule has 4 rings (SSSR count). The number of benzene rings is 2. The molecule has 0 saturated heterocycles. The number of esters is 1. The van der Waals surface area contributed by atoms with Crippen molar-refractivity contribution in [2.24, 2.45) is 4.99 Å². The quantitative estimate of drug-likeness (QED) is 0.473. The first-order chi connectivity index (χ1) is 17.1. The molecule has 0 spiro atoms. The SMILES string of the molecule is CC1=C(C(=O)OC(C)C)C(c2ccc(Cl)cc2)n2c(sc(=Cc3ccc(OCC(=O)O)cc3)c2=O)=N1. The number of aliphatic carboxylic acids is 1. The summed E-state index contributed by atoms with van der Waals surface area (Å²) in [4.78, 5) is 42.4. The van der Waals surface area contributed by atoms with Crippen molar-refractivity contribution in [2.75, 3.05) is 6.61 Å². The van der Waals surface area contributed by atoms with E-state index in [9.17, 15) is 14.4 Å². The van der Waals surface area contributed by atoms with Gasteiger partial charge in [-0.3, -0.25) is 9.36 Å². The molecule has 1 N–H and O–H groups in total. The zero-order valence-corrected chi connectivity index (χ0v) is 21.3. The zero-order valence-electron chi connectivity index (χ0n) is 19.7. The number of fused-ring (bicyclic) bond motifs is 1. The van der Waals surface area contributed by atoms with Crippen molar-refractivity contribution in [1.82, 2.24) is 4.57 Å². The van der Waals surface area contributed by atoms with Gasteiger partial charge < -0.3 is 14.6 Å². The monoisotopic (exact) mass is 526 g/mol. The molecule has 0 amide bonds. The van der Waals surface area contributed by atoms with Gasteiger partial charge in [0.2, 0.25) is 0 Å². The van der Waals surface area contributed by atoms with Crippen LogP contribution in [0.2, 0.25) is 5.02 Å². The van der Waals surface area contributed by atoms with Gasteiger partial charge in [0.15, 0.2) is 11.4 Å². The van der Waals surface area contributed by atoms with Crippen LogP contribution in [0, 0.1) is 0 Å². The second-order valence-corrected chi connectivity index (χ2v) is 9.78. The van der Waals surface area contributed by atoms with Crippen molar-refractivity contribution < 1.29 is 24.2 Å². The molecular weight excluding hydrogens is 504 g/mol. The predicted molar refractivity (Wildman–Crippen MR) is 136 cm³/mol. The third kappa shape index (κ3) is 5.42. The number of carbonyl (C=O) groups is 2. The first-order valence-corrected chi connectivity index (χ1v) is 12.3. The summed E-state index contributed by atoms with van der Waals surface area (Å²) in [7, 11) is 0. The third-order valence-electron chi connectivity index (χ3n) is 5.31.